The van der Waals surface area contributed by atoms with Crippen molar-refractivity contribution < 1.29 is 8.42 Å². The molecule has 0 saturated heterocycles. The second-order valence-electron chi connectivity index (χ2n) is 4.89. The van der Waals surface area contributed by atoms with Crippen molar-refractivity contribution in [3.63, 3.8) is 0 Å². The summed E-state index contributed by atoms with van der Waals surface area (Å²) in [6, 6.07) is 16.6. The van der Waals surface area contributed by atoms with Crippen LogP contribution in [0.25, 0.3) is 5.57 Å². The number of halogens is 1. The molecule has 1 N–H and O–H groups in total. The first-order valence-electron chi connectivity index (χ1n) is 6.96. The van der Waals surface area contributed by atoms with E-state index in [1.807, 2.05) is 43.3 Å². The first kappa shape index (κ1) is 16.9. The SMILES string of the molecule is C/C(=C\CCNS(=O)(=O)c1ccc(Br)cc1)c1ccccc1. The molecule has 2 rings (SSSR count). The van der Waals surface area contributed by atoms with E-state index in [1.165, 1.54) is 0 Å². The summed E-state index contributed by atoms with van der Waals surface area (Å²) in [6.07, 6.45) is 2.69. The minimum atomic E-state index is -3.44. The van der Waals surface area contributed by atoms with Crippen molar-refractivity contribution in [2.45, 2.75) is 18.2 Å². The molecule has 0 fully saturated rings. The third-order valence-electron chi connectivity index (χ3n) is 3.24. The van der Waals surface area contributed by atoms with Crippen LogP contribution in [0, 0.1) is 0 Å². The molecule has 0 unspecified atom stereocenters. The van der Waals surface area contributed by atoms with Crippen LogP contribution < -0.4 is 4.72 Å². The van der Waals surface area contributed by atoms with Gasteiger partial charge in [0.15, 0.2) is 0 Å². The third-order valence-corrected chi connectivity index (χ3v) is 5.25. The molecule has 22 heavy (non-hydrogen) atoms. The van der Waals surface area contributed by atoms with Crippen LogP contribution in [-0.2, 0) is 10.0 Å². The summed E-state index contributed by atoms with van der Waals surface area (Å²) in [5.41, 5.74) is 2.29. The molecule has 2 aromatic carbocycles. The average molecular weight is 380 g/mol. The van der Waals surface area contributed by atoms with Crippen LogP contribution >= 0.6 is 15.9 Å². The highest BCUT2D eigenvalue weighted by molar-refractivity contribution is 9.10. The lowest BCUT2D eigenvalue weighted by Gasteiger charge is -2.06. The molecule has 116 valence electrons. The number of rotatable bonds is 6. The van der Waals surface area contributed by atoms with Gasteiger partial charge in [-0.25, -0.2) is 13.1 Å². The maximum absolute atomic E-state index is 12.1. The van der Waals surface area contributed by atoms with Crippen LogP contribution in [0.5, 0.6) is 0 Å². The van der Waals surface area contributed by atoms with Crippen molar-refractivity contribution in [3.05, 3.63) is 70.7 Å². The number of hydrogen-bond donors (Lipinski definition) is 1. The molecule has 0 heterocycles. The molecule has 5 heteroatoms. The number of nitrogens with one attached hydrogen (secondary N) is 1. The quantitative estimate of drug-likeness (QED) is 0.763. The highest BCUT2D eigenvalue weighted by Crippen LogP contribution is 2.15. The van der Waals surface area contributed by atoms with Gasteiger partial charge in [0.2, 0.25) is 10.0 Å². The Morgan fingerprint density at radius 3 is 2.36 bits per heavy atom. The molecule has 2 aromatic rings. The predicted octanol–water partition coefficient (Wildman–Crippen LogP) is 4.22. The monoisotopic (exact) mass is 379 g/mol. The zero-order valence-corrected chi connectivity index (χ0v) is 14.7. The molecule has 0 spiro atoms. The van der Waals surface area contributed by atoms with E-state index in [-0.39, 0.29) is 4.90 Å². The standard InChI is InChI=1S/C17H18BrNO2S/c1-14(15-7-3-2-4-8-15)6-5-13-19-22(20,21)17-11-9-16(18)10-12-17/h2-4,6-12,19H,5,13H2,1H3/b14-6+. The summed E-state index contributed by atoms with van der Waals surface area (Å²) < 4.78 is 27.7. The Labute approximate surface area is 140 Å². The largest absolute Gasteiger partial charge is 0.240 e. The number of allylic oxidation sites excluding steroid dienone is 1. The Bertz CT molecular complexity index is 738. The van der Waals surface area contributed by atoms with E-state index < -0.39 is 10.0 Å². The third kappa shape index (κ3) is 4.80. The normalized spacial score (nSPS) is 12.4. The lowest BCUT2D eigenvalue weighted by atomic mass is 10.1. The molecule has 0 radical (unpaired) electrons. The molecule has 0 aliphatic rings. The van der Waals surface area contributed by atoms with Gasteiger partial charge >= 0.3 is 0 Å². The Morgan fingerprint density at radius 2 is 1.73 bits per heavy atom. The van der Waals surface area contributed by atoms with Gasteiger partial charge in [-0.3, -0.25) is 0 Å². The van der Waals surface area contributed by atoms with Crippen molar-refractivity contribution in [1.29, 1.82) is 0 Å². The van der Waals surface area contributed by atoms with Gasteiger partial charge in [0, 0.05) is 11.0 Å². The molecule has 0 aromatic heterocycles. The van der Waals surface area contributed by atoms with Gasteiger partial charge in [0.25, 0.3) is 0 Å². The topological polar surface area (TPSA) is 46.2 Å². The molecular weight excluding hydrogens is 362 g/mol. The maximum Gasteiger partial charge on any atom is 0.240 e. The average Bonchev–Trinajstić information content (AvgIpc) is 2.52. The van der Waals surface area contributed by atoms with Gasteiger partial charge in [-0.05, 0) is 48.7 Å². The van der Waals surface area contributed by atoms with Crippen molar-refractivity contribution in [3.8, 4) is 0 Å². The van der Waals surface area contributed by atoms with Crippen LogP contribution in [0.15, 0.2) is 70.0 Å². The van der Waals surface area contributed by atoms with Crippen LogP contribution in [0.1, 0.15) is 18.9 Å². The number of benzene rings is 2. The fraction of sp³-hybridized carbons (Fsp3) is 0.176. The van der Waals surface area contributed by atoms with Crippen molar-refractivity contribution in [2.24, 2.45) is 0 Å². The Morgan fingerprint density at radius 1 is 1.09 bits per heavy atom. The number of sulfonamides is 1. The van der Waals surface area contributed by atoms with Gasteiger partial charge in [-0.15, -0.1) is 0 Å². The lowest BCUT2D eigenvalue weighted by molar-refractivity contribution is 0.582. The van der Waals surface area contributed by atoms with Crippen molar-refractivity contribution in [2.75, 3.05) is 6.54 Å². The second kappa shape index (κ2) is 7.72. The summed E-state index contributed by atoms with van der Waals surface area (Å²) in [6.45, 7) is 2.40. The minimum Gasteiger partial charge on any atom is -0.211 e. The molecule has 0 atom stereocenters. The highest BCUT2D eigenvalue weighted by Gasteiger charge is 2.12. The summed E-state index contributed by atoms with van der Waals surface area (Å²) in [5.74, 6) is 0. The predicted molar refractivity (Wildman–Crippen MR) is 94.0 cm³/mol. The van der Waals surface area contributed by atoms with Gasteiger partial charge < -0.3 is 0 Å². The van der Waals surface area contributed by atoms with Crippen LogP contribution in [0.3, 0.4) is 0 Å². The van der Waals surface area contributed by atoms with E-state index in [2.05, 4.69) is 20.7 Å². The zero-order chi connectivity index (χ0) is 16.0. The summed E-state index contributed by atoms with van der Waals surface area (Å²) in [7, 11) is -3.44. The summed E-state index contributed by atoms with van der Waals surface area (Å²) in [5, 5.41) is 0. The van der Waals surface area contributed by atoms with E-state index in [9.17, 15) is 8.42 Å². The van der Waals surface area contributed by atoms with Crippen LogP contribution in [0.4, 0.5) is 0 Å². The highest BCUT2D eigenvalue weighted by atomic mass is 79.9. The fourth-order valence-corrected chi connectivity index (χ4v) is 3.31. The van der Waals surface area contributed by atoms with Gasteiger partial charge in [0.1, 0.15) is 0 Å². The molecule has 0 bridgehead atoms. The molecule has 0 aliphatic carbocycles. The van der Waals surface area contributed by atoms with Gasteiger partial charge in [-0.2, -0.15) is 0 Å². The van der Waals surface area contributed by atoms with Crippen molar-refractivity contribution >= 4 is 31.5 Å². The molecule has 0 saturated carbocycles. The summed E-state index contributed by atoms with van der Waals surface area (Å²) in [4.78, 5) is 0.277. The smallest absolute Gasteiger partial charge is 0.211 e. The van der Waals surface area contributed by atoms with Crippen LogP contribution in [-0.4, -0.2) is 15.0 Å². The second-order valence-corrected chi connectivity index (χ2v) is 7.58. The maximum atomic E-state index is 12.1. The lowest BCUT2D eigenvalue weighted by Crippen LogP contribution is -2.24. The van der Waals surface area contributed by atoms with E-state index in [0.717, 1.165) is 15.6 Å². The van der Waals surface area contributed by atoms with E-state index in [0.29, 0.717) is 13.0 Å². The zero-order valence-electron chi connectivity index (χ0n) is 12.3. The van der Waals surface area contributed by atoms with E-state index >= 15 is 0 Å². The van der Waals surface area contributed by atoms with Crippen molar-refractivity contribution in [1.82, 2.24) is 4.72 Å². The van der Waals surface area contributed by atoms with E-state index in [1.54, 1.807) is 24.3 Å². The molecule has 0 aliphatic heterocycles. The first-order valence-corrected chi connectivity index (χ1v) is 9.24. The first-order chi connectivity index (χ1) is 10.5. The van der Waals surface area contributed by atoms with Crippen LogP contribution in [0.2, 0.25) is 0 Å². The summed E-state index contributed by atoms with van der Waals surface area (Å²) >= 11 is 3.29. The number of hydrogen-bond acceptors (Lipinski definition) is 2. The van der Waals surface area contributed by atoms with Gasteiger partial charge in [-0.1, -0.05) is 52.3 Å². The Kier molecular flexibility index (Phi) is 5.94. The molecular formula is C17H18BrNO2S. The minimum absolute atomic E-state index is 0.277. The van der Waals surface area contributed by atoms with E-state index in [4.69, 9.17) is 0 Å². The fourth-order valence-electron chi connectivity index (χ4n) is 2.00. The Balaban J connectivity index is 1.92. The molecule has 3 nitrogen and oxygen atoms in total. The van der Waals surface area contributed by atoms with Gasteiger partial charge in [0.05, 0.1) is 4.90 Å². The Hall–Kier alpha value is -1.43. The molecule has 0 amide bonds.